The number of nitrogens with one attached hydrogen (secondary N) is 2. The van der Waals surface area contributed by atoms with Crippen molar-refractivity contribution < 1.29 is 27.9 Å². The fourth-order valence-electron chi connectivity index (χ4n) is 1.82. The lowest BCUT2D eigenvalue weighted by Gasteiger charge is -2.25. The minimum Gasteiger partial charge on any atom is -0.480 e. The number of carboxylic acid groups (broad SMARTS) is 1. The summed E-state index contributed by atoms with van der Waals surface area (Å²) in [6.07, 6.45) is 1.49. The van der Waals surface area contributed by atoms with Crippen molar-refractivity contribution in [3.8, 4) is 0 Å². The van der Waals surface area contributed by atoms with Crippen LogP contribution < -0.4 is 10.6 Å². The normalized spacial score (nSPS) is 24.1. The molecule has 2 atom stereocenters. The van der Waals surface area contributed by atoms with Crippen molar-refractivity contribution >= 4 is 21.8 Å². The summed E-state index contributed by atoms with van der Waals surface area (Å²) < 4.78 is 27.2. The Morgan fingerprint density at radius 2 is 2.10 bits per heavy atom. The Morgan fingerprint density at radius 1 is 1.45 bits per heavy atom. The Morgan fingerprint density at radius 3 is 2.55 bits per heavy atom. The lowest BCUT2D eigenvalue weighted by Crippen LogP contribution is -2.54. The molecule has 0 saturated carbocycles. The van der Waals surface area contributed by atoms with Crippen molar-refractivity contribution in [3.05, 3.63) is 0 Å². The van der Waals surface area contributed by atoms with Gasteiger partial charge in [0.2, 0.25) is 0 Å². The largest absolute Gasteiger partial charge is 0.480 e. The van der Waals surface area contributed by atoms with Gasteiger partial charge >= 0.3 is 12.0 Å². The summed E-state index contributed by atoms with van der Waals surface area (Å²) >= 11 is 0. The maximum atomic E-state index is 11.8. The third-order valence-corrected chi connectivity index (χ3v) is 3.99. The zero-order chi connectivity index (χ0) is 15.4. The molecule has 1 fully saturated rings. The van der Waals surface area contributed by atoms with Crippen molar-refractivity contribution in [1.82, 2.24) is 10.6 Å². The number of hydrogen-bond donors (Lipinski definition) is 3. The fourth-order valence-corrected chi connectivity index (χ4v) is 2.49. The van der Waals surface area contributed by atoms with Crippen LogP contribution in [0.1, 0.15) is 19.8 Å². The van der Waals surface area contributed by atoms with E-state index >= 15 is 0 Å². The monoisotopic (exact) mass is 308 g/mol. The molecule has 0 aromatic heterocycles. The zero-order valence-electron chi connectivity index (χ0n) is 11.5. The molecule has 116 valence electrons. The Kier molecular flexibility index (Phi) is 5.35. The summed E-state index contributed by atoms with van der Waals surface area (Å²) in [7, 11) is -3.28. The van der Waals surface area contributed by atoms with Crippen LogP contribution in [0.25, 0.3) is 0 Å². The number of ether oxygens (including phenoxy) is 1. The maximum Gasteiger partial charge on any atom is 0.326 e. The lowest BCUT2D eigenvalue weighted by atomic mass is 10.0. The van der Waals surface area contributed by atoms with E-state index in [1.165, 1.54) is 0 Å². The molecule has 0 aliphatic carbocycles. The second kappa shape index (κ2) is 6.40. The number of carbonyl (C=O) groups is 2. The number of carbonyl (C=O) groups excluding carboxylic acids is 1. The molecule has 0 aromatic rings. The molecule has 9 heteroatoms. The molecule has 2 unspecified atom stereocenters. The number of hydrogen-bond acceptors (Lipinski definition) is 5. The first-order valence-electron chi connectivity index (χ1n) is 6.18. The Bertz CT molecular complexity index is 469. The van der Waals surface area contributed by atoms with Crippen molar-refractivity contribution in [1.29, 1.82) is 0 Å². The summed E-state index contributed by atoms with van der Waals surface area (Å²) in [6, 6.07) is -1.88. The number of amides is 2. The van der Waals surface area contributed by atoms with E-state index in [2.05, 4.69) is 10.6 Å². The second-order valence-corrected chi connectivity index (χ2v) is 7.53. The van der Waals surface area contributed by atoms with Crippen LogP contribution >= 0.6 is 0 Å². The average molecular weight is 308 g/mol. The van der Waals surface area contributed by atoms with E-state index in [0.29, 0.717) is 19.6 Å². The van der Waals surface area contributed by atoms with Gasteiger partial charge < -0.3 is 20.5 Å². The van der Waals surface area contributed by atoms with Crippen LogP contribution in [0.3, 0.4) is 0 Å². The average Bonchev–Trinajstić information content (AvgIpc) is 2.69. The number of rotatable bonds is 6. The van der Waals surface area contributed by atoms with E-state index < -0.39 is 33.4 Å². The van der Waals surface area contributed by atoms with E-state index in [-0.39, 0.29) is 12.2 Å². The first kappa shape index (κ1) is 16.7. The van der Waals surface area contributed by atoms with E-state index in [4.69, 9.17) is 9.84 Å². The van der Waals surface area contributed by atoms with Gasteiger partial charge in [-0.05, 0) is 19.8 Å². The summed E-state index contributed by atoms with van der Waals surface area (Å²) in [5.41, 5.74) is -0.524. The molecular weight excluding hydrogens is 288 g/mol. The molecule has 1 aliphatic heterocycles. The lowest BCUT2D eigenvalue weighted by molar-refractivity contribution is -0.139. The van der Waals surface area contributed by atoms with Crippen molar-refractivity contribution in [2.75, 3.05) is 25.2 Å². The fraction of sp³-hybridized carbons (Fsp3) is 0.818. The van der Waals surface area contributed by atoms with Gasteiger partial charge in [-0.2, -0.15) is 0 Å². The van der Waals surface area contributed by atoms with Crippen molar-refractivity contribution in [2.45, 2.75) is 31.3 Å². The van der Waals surface area contributed by atoms with Crippen LogP contribution in [-0.2, 0) is 19.4 Å². The highest BCUT2D eigenvalue weighted by molar-refractivity contribution is 7.90. The zero-order valence-corrected chi connectivity index (χ0v) is 12.3. The van der Waals surface area contributed by atoms with Gasteiger partial charge in [-0.3, -0.25) is 0 Å². The van der Waals surface area contributed by atoms with Crippen molar-refractivity contribution in [2.24, 2.45) is 0 Å². The van der Waals surface area contributed by atoms with E-state index in [1.807, 2.05) is 0 Å². The molecule has 0 aromatic carbocycles. The van der Waals surface area contributed by atoms with E-state index in [0.717, 1.165) is 6.26 Å². The van der Waals surface area contributed by atoms with Gasteiger partial charge in [0, 0.05) is 12.9 Å². The third-order valence-electron chi connectivity index (χ3n) is 3.01. The first-order chi connectivity index (χ1) is 9.11. The molecule has 0 spiro atoms. The minimum absolute atomic E-state index is 0.172. The molecule has 1 saturated heterocycles. The van der Waals surface area contributed by atoms with Gasteiger partial charge in [0.25, 0.3) is 0 Å². The Labute approximate surface area is 117 Å². The number of sulfone groups is 1. The molecule has 1 heterocycles. The molecule has 3 N–H and O–H groups in total. The smallest absolute Gasteiger partial charge is 0.326 e. The second-order valence-electron chi connectivity index (χ2n) is 5.27. The molecule has 0 bridgehead atoms. The number of urea groups is 1. The van der Waals surface area contributed by atoms with Crippen LogP contribution in [0.15, 0.2) is 0 Å². The topological polar surface area (TPSA) is 122 Å². The summed E-state index contributed by atoms with van der Waals surface area (Å²) in [6.45, 7) is 2.70. The van der Waals surface area contributed by atoms with Crippen LogP contribution in [0, 0.1) is 0 Å². The van der Waals surface area contributed by atoms with Crippen LogP contribution in [-0.4, -0.2) is 62.3 Å². The predicted molar refractivity (Wildman–Crippen MR) is 71.3 cm³/mol. The number of aliphatic carboxylic acids is 1. The van der Waals surface area contributed by atoms with Crippen LogP contribution in [0.5, 0.6) is 0 Å². The highest BCUT2D eigenvalue weighted by Gasteiger charge is 2.32. The van der Waals surface area contributed by atoms with Gasteiger partial charge in [-0.1, -0.05) is 0 Å². The van der Waals surface area contributed by atoms with Gasteiger partial charge in [-0.15, -0.1) is 0 Å². The van der Waals surface area contributed by atoms with Crippen LogP contribution in [0.4, 0.5) is 4.79 Å². The van der Waals surface area contributed by atoms with Crippen molar-refractivity contribution in [3.63, 3.8) is 0 Å². The van der Waals surface area contributed by atoms with Gasteiger partial charge in [0.1, 0.15) is 15.9 Å². The highest BCUT2D eigenvalue weighted by atomic mass is 32.2. The molecule has 1 aliphatic rings. The van der Waals surface area contributed by atoms with E-state index in [9.17, 15) is 18.0 Å². The summed E-state index contributed by atoms with van der Waals surface area (Å²) in [4.78, 5) is 22.8. The molecule has 20 heavy (non-hydrogen) atoms. The highest BCUT2D eigenvalue weighted by Crippen LogP contribution is 2.17. The van der Waals surface area contributed by atoms with Crippen LogP contribution in [0.2, 0.25) is 0 Å². The molecule has 8 nitrogen and oxygen atoms in total. The minimum atomic E-state index is -3.28. The maximum absolute atomic E-state index is 11.8. The molecule has 1 rings (SSSR count). The number of carboxylic acids is 1. The molecule has 0 radical (unpaired) electrons. The van der Waals surface area contributed by atoms with Gasteiger partial charge in [0.05, 0.1) is 17.9 Å². The van der Waals surface area contributed by atoms with E-state index in [1.54, 1.807) is 6.92 Å². The summed E-state index contributed by atoms with van der Waals surface area (Å²) in [5, 5.41) is 13.9. The SMILES string of the molecule is CC1(NC(=O)NC(CCS(C)(=O)=O)C(=O)O)CCOC1. The Hall–Kier alpha value is -1.35. The van der Waals surface area contributed by atoms with Gasteiger partial charge in [-0.25, -0.2) is 18.0 Å². The Balaban J connectivity index is 2.52. The summed E-state index contributed by atoms with van der Waals surface area (Å²) in [5.74, 6) is -1.57. The molecule has 2 amide bonds. The quantitative estimate of drug-likeness (QED) is 0.599. The van der Waals surface area contributed by atoms with Gasteiger partial charge in [0.15, 0.2) is 0 Å². The predicted octanol–water partition coefficient (Wildman–Crippen LogP) is -0.647. The third kappa shape index (κ3) is 5.74. The molecular formula is C11H20N2O6S. The first-order valence-corrected chi connectivity index (χ1v) is 8.24. The standard InChI is InChI=1S/C11H20N2O6S/c1-11(4-5-19-7-11)13-10(16)12-8(9(14)15)3-6-20(2,17)18/h8H,3-7H2,1-2H3,(H,14,15)(H2,12,13,16).